The molecule has 5 nitrogen and oxygen atoms in total. The Morgan fingerprint density at radius 1 is 1.03 bits per heavy atom. The van der Waals surface area contributed by atoms with Crippen molar-refractivity contribution in [2.24, 2.45) is 0 Å². The Morgan fingerprint density at radius 2 is 1.79 bits per heavy atom. The Balaban J connectivity index is 1.71. The third kappa shape index (κ3) is 3.33. The topological polar surface area (TPSA) is 65.7 Å². The van der Waals surface area contributed by atoms with E-state index in [4.69, 9.17) is 13.9 Å². The fraction of sp³-hybridized carbons (Fsp3) is 0.250. The molecule has 0 N–H and O–H groups in total. The Kier molecular flexibility index (Phi) is 4.97. The summed E-state index contributed by atoms with van der Waals surface area (Å²) in [5, 5.41) is 0. The van der Waals surface area contributed by atoms with E-state index in [0.717, 1.165) is 5.56 Å². The molecule has 0 saturated heterocycles. The first kappa shape index (κ1) is 19.0. The second kappa shape index (κ2) is 7.59. The number of hydrogen-bond acceptors (Lipinski definition) is 5. The van der Waals surface area contributed by atoms with Crippen molar-refractivity contribution in [3.05, 3.63) is 82.3 Å². The van der Waals surface area contributed by atoms with E-state index in [1.165, 1.54) is 7.11 Å². The van der Waals surface area contributed by atoms with E-state index in [0.29, 0.717) is 46.8 Å². The Bertz CT molecular complexity index is 1080. The maximum Gasteiger partial charge on any atom is 0.232 e. The summed E-state index contributed by atoms with van der Waals surface area (Å²) in [5.74, 6) is 1.54. The highest BCUT2D eigenvalue weighted by Gasteiger charge is 2.34. The van der Waals surface area contributed by atoms with Crippen LogP contribution in [0.1, 0.15) is 55.7 Å². The van der Waals surface area contributed by atoms with Gasteiger partial charge < -0.3 is 13.9 Å². The van der Waals surface area contributed by atoms with Crippen molar-refractivity contribution in [3.8, 4) is 11.5 Å². The van der Waals surface area contributed by atoms with Gasteiger partial charge in [-0.25, -0.2) is 0 Å². The van der Waals surface area contributed by atoms with Gasteiger partial charge in [-0.15, -0.1) is 0 Å². The molecule has 0 radical (unpaired) electrons. The summed E-state index contributed by atoms with van der Waals surface area (Å²) in [7, 11) is 3.05. The minimum Gasteiger partial charge on any atom is -0.497 e. The fourth-order valence-electron chi connectivity index (χ4n) is 3.99. The van der Waals surface area contributed by atoms with Crippen LogP contribution in [0.15, 0.2) is 52.9 Å². The van der Waals surface area contributed by atoms with Gasteiger partial charge in [-0.3, -0.25) is 9.59 Å². The molecule has 4 rings (SSSR count). The number of Topliss-reactive ketones (excluding diaryl/α,β-unsaturated/α-hetero) is 1. The van der Waals surface area contributed by atoms with Gasteiger partial charge in [0.15, 0.2) is 11.5 Å². The molecular weight excluding hydrogens is 368 g/mol. The van der Waals surface area contributed by atoms with Crippen LogP contribution in [0.3, 0.4) is 0 Å². The van der Waals surface area contributed by atoms with Crippen molar-refractivity contribution in [2.45, 2.75) is 25.7 Å². The summed E-state index contributed by atoms with van der Waals surface area (Å²) in [4.78, 5) is 26.1. The molecule has 0 bridgehead atoms. The summed E-state index contributed by atoms with van der Waals surface area (Å²) in [6.07, 6.45) is 1.01. The number of hydrogen-bond donors (Lipinski definition) is 0. The van der Waals surface area contributed by atoms with E-state index in [9.17, 15) is 9.59 Å². The van der Waals surface area contributed by atoms with Gasteiger partial charge in [0.25, 0.3) is 0 Å². The highest BCUT2D eigenvalue weighted by Crippen LogP contribution is 2.38. The van der Waals surface area contributed by atoms with Crippen molar-refractivity contribution < 1.29 is 23.5 Å². The third-order valence-electron chi connectivity index (χ3n) is 5.49. The molecule has 29 heavy (non-hydrogen) atoms. The van der Waals surface area contributed by atoms with E-state index in [-0.39, 0.29) is 23.2 Å². The van der Waals surface area contributed by atoms with E-state index in [2.05, 4.69) is 0 Å². The average Bonchev–Trinajstić information content (AvgIpc) is 3.10. The van der Waals surface area contributed by atoms with E-state index in [1.54, 1.807) is 32.2 Å². The van der Waals surface area contributed by atoms with Crippen LogP contribution in [-0.2, 0) is 6.42 Å². The van der Waals surface area contributed by atoms with Crippen LogP contribution in [0.5, 0.6) is 11.5 Å². The standard InChI is InChI=1S/C24H22O5/c1-14-22-19(25)11-16(15-7-5-4-6-8-15)12-21(22)29-24(14)23(26)18-10-9-17(27-2)13-20(18)28-3/h4-10,13,16H,11-12H2,1-3H3. The minimum absolute atomic E-state index is 0.0158. The van der Waals surface area contributed by atoms with Crippen molar-refractivity contribution in [1.29, 1.82) is 0 Å². The summed E-state index contributed by atoms with van der Waals surface area (Å²) in [6.45, 7) is 1.77. The van der Waals surface area contributed by atoms with Crippen LogP contribution in [0.4, 0.5) is 0 Å². The van der Waals surface area contributed by atoms with Gasteiger partial charge in [-0.2, -0.15) is 0 Å². The molecule has 0 saturated carbocycles. The largest absolute Gasteiger partial charge is 0.497 e. The lowest BCUT2D eigenvalue weighted by molar-refractivity contribution is 0.0955. The van der Waals surface area contributed by atoms with Gasteiger partial charge in [0.05, 0.1) is 25.3 Å². The van der Waals surface area contributed by atoms with Crippen LogP contribution in [-0.4, -0.2) is 25.8 Å². The predicted molar refractivity (Wildman–Crippen MR) is 108 cm³/mol. The maximum absolute atomic E-state index is 13.2. The first-order chi connectivity index (χ1) is 14.0. The molecule has 0 aliphatic heterocycles. The van der Waals surface area contributed by atoms with Gasteiger partial charge >= 0.3 is 0 Å². The summed E-state index contributed by atoms with van der Waals surface area (Å²) in [5.41, 5.74) is 2.62. The van der Waals surface area contributed by atoms with Crippen molar-refractivity contribution in [1.82, 2.24) is 0 Å². The van der Waals surface area contributed by atoms with Crippen LogP contribution in [0.2, 0.25) is 0 Å². The molecule has 0 spiro atoms. The monoisotopic (exact) mass is 390 g/mol. The summed E-state index contributed by atoms with van der Waals surface area (Å²) < 4.78 is 16.5. The van der Waals surface area contributed by atoms with Crippen LogP contribution >= 0.6 is 0 Å². The zero-order valence-corrected chi connectivity index (χ0v) is 16.7. The third-order valence-corrected chi connectivity index (χ3v) is 5.49. The number of methoxy groups -OCH3 is 2. The molecule has 1 unspecified atom stereocenters. The minimum atomic E-state index is -0.305. The highest BCUT2D eigenvalue weighted by atomic mass is 16.5. The number of furan rings is 1. The van der Waals surface area contributed by atoms with Crippen molar-refractivity contribution >= 4 is 11.6 Å². The molecule has 0 amide bonds. The lowest BCUT2D eigenvalue weighted by Gasteiger charge is -2.20. The normalized spacial score (nSPS) is 15.7. The van der Waals surface area contributed by atoms with Gasteiger partial charge in [0.1, 0.15) is 17.3 Å². The van der Waals surface area contributed by atoms with Crippen LogP contribution in [0.25, 0.3) is 0 Å². The predicted octanol–water partition coefficient (Wildman–Crippen LogP) is 4.75. The SMILES string of the molecule is COc1ccc(C(=O)c2oc3c(c2C)C(=O)CC(c2ccccc2)C3)c(OC)c1. The lowest BCUT2D eigenvalue weighted by Crippen LogP contribution is -2.18. The number of ether oxygens (including phenoxy) is 2. The van der Waals surface area contributed by atoms with Crippen molar-refractivity contribution in [3.63, 3.8) is 0 Å². The molecule has 1 aliphatic rings. The van der Waals surface area contributed by atoms with Crippen LogP contribution < -0.4 is 9.47 Å². The molecule has 0 fully saturated rings. The Hall–Kier alpha value is -3.34. The maximum atomic E-state index is 13.2. The number of benzene rings is 2. The fourth-order valence-corrected chi connectivity index (χ4v) is 3.99. The Labute approximate surface area is 169 Å². The van der Waals surface area contributed by atoms with Gasteiger partial charge in [0, 0.05) is 24.5 Å². The van der Waals surface area contributed by atoms with Gasteiger partial charge in [-0.05, 0) is 30.5 Å². The number of carbonyl (C=O) groups excluding carboxylic acids is 2. The summed E-state index contributed by atoms with van der Waals surface area (Å²) >= 11 is 0. The number of rotatable bonds is 5. The van der Waals surface area contributed by atoms with E-state index < -0.39 is 0 Å². The van der Waals surface area contributed by atoms with E-state index >= 15 is 0 Å². The molecule has 3 aromatic rings. The first-order valence-electron chi connectivity index (χ1n) is 9.50. The lowest BCUT2D eigenvalue weighted by atomic mass is 9.81. The highest BCUT2D eigenvalue weighted by molar-refractivity contribution is 6.12. The molecule has 1 heterocycles. The van der Waals surface area contributed by atoms with Gasteiger partial charge in [-0.1, -0.05) is 30.3 Å². The Morgan fingerprint density at radius 3 is 2.48 bits per heavy atom. The number of fused-ring (bicyclic) bond motifs is 1. The van der Waals surface area contributed by atoms with Gasteiger partial charge in [0.2, 0.25) is 5.78 Å². The van der Waals surface area contributed by atoms with E-state index in [1.807, 2.05) is 30.3 Å². The van der Waals surface area contributed by atoms with Crippen molar-refractivity contribution in [2.75, 3.05) is 14.2 Å². The molecule has 1 aliphatic carbocycles. The molecule has 148 valence electrons. The van der Waals surface area contributed by atoms with Crippen LogP contribution in [0, 0.1) is 6.92 Å². The average molecular weight is 390 g/mol. The molecule has 1 atom stereocenters. The molecular formula is C24H22O5. The zero-order valence-electron chi connectivity index (χ0n) is 16.7. The molecule has 5 heteroatoms. The smallest absolute Gasteiger partial charge is 0.232 e. The zero-order chi connectivity index (χ0) is 20.5. The first-order valence-corrected chi connectivity index (χ1v) is 9.50. The summed E-state index contributed by atoms with van der Waals surface area (Å²) in [6, 6.07) is 14.9. The second-order valence-electron chi connectivity index (χ2n) is 7.19. The quantitative estimate of drug-likeness (QED) is 0.588. The number of carbonyl (C=O) groups is 2. The number of ketones is 2. The molecule has 2 aromatic carbocycles. The second-order valence-corrected chi connectivity index (χ2v) is 7.19. The molecule has 1 aromatic heterocycles.